The Morgan fingerprint density at radius 2 is 2.20 bits per heavy atom. The Morgan fingerprint density at radius 1 is 1.50 bits per heavy atom. The first kappa shape index (κ1) is 15.3. The molecule has 20 heavy (non-hydrogen) atoms. The molecule has 0 saturated carbocycles. The van der Waals surface area contributed by atoms with Crippen LogP contribution >= 0.6 is 11.6 Å². The summed E-state index contributed by atoms with van der Waals surface area (Å²) in [5.41, 5.74) is -1.03. The van der Waals surface area contributed by atoms with Crippen molar-refractivity contribution < 1.29 is 14.6 Å². The number of rotatable bonds is 4. The van der Waals surface area contributed by atoms with Crippen molar-refractivity contribution >= 4 is 17.5 Å². The number of carbonyl (C=O) groups excluding carboxylic acids is 1. The summed E-state index contributed by atoms with van der Waals surface area (Å²) in [7, 11) is 0. The molecule has 1 aromatic carbocycles. The molecule has 2 rings (SSSR count). The number of aliphatic hydroxyl groups is 1. The fourth-order valence-electron chi connectivity index (χ4n) is 2.28. The van der Waals surface area contributed by atoms with E-state index in [2.05, 4.69) is 5.32 Å². The molecule has 110 valence electrons. The third-order valence-corrected chi connectivity index (χ3v) is 3.91. The second kappa shape index (κ2) is 6.57. The molecule has 0 aromatic heterocycles. The number of halogens is 1. The number of ether oxygens (including phenoxy) is 1. The monoisotopic (exact) mass is 297 g/mol. The zero-order valence-electron chi connectivity index (χ0n) is 11.6. The molecular formula is C15H20ClNO3. The minimum atomic E-state index is -1.56. The molecule has 1 amide bonds. The predicted octanol–water partition coefficient (Wildman–Crippen LogP) is 2.09. The Hall–Kier alpha value is -1.10. The number of hydrogen-bond donors (Lipinski definition) is 2. The van der Waals surface area contributed by atoms with Crippen LogP contribution in [-0.4, -0.2) is 30.8 Å². The van der Waals surface area contributed by atoms with Crippen molar-refractivity contribution in [1.82, 2.24) is 5.32 Å². The van der Waals surface area contributed by atoms with Crippen LogP contribution in [-0.2, 0) is 15.1 Å². The first-order valence-corrected chi connectivity index (χ1v) is 7.22. The lowest BCUT2D eigenvalue weighted by Crippen LogP contribution is -2.44. The van der Waals surface area contributed by atoms with Crippen molar-refractivity contribution in [1.29, 1.82) is 0 Å². The Kier molecular flexibility index (Phi) is 5.02. The lowest BCUT2D eigenvalue weighted by atomic mass is 9.94. The van der Waals surface area contributed by atoms with Gasteiger partial charge in [0.25, 0.3) is 5.91 Å². The van der Waals surface area contributed by atoms with E-state index >= 15 is 0 Å². The molecule has 1 fully saturated rings. The van der Waals surface area contributed by atoms with Gasteiger partial charge in [-0.2, -0.15) is 0 Å². The van der Waals surface area contributed by atoms with Crippen LogP contribution in [0.1, 0.15) is 25.3 Å². The third kappa shape index (κ3) is 3.72. The number of hydrogen-bond acceptors (Lipinski definition) is 3. The quantitative estimate of drug-likeness (QED) is 0.895. The fraction of sp³-hybridized carbons (Fsp3) is 0.533. The normalized spacial score (nSPS) is 22.1. The van der Waals surface area contributed by atoms with Gasteiger partial charge in [-0.15, -0.1) is 0 Å². The van der Waals surface area contributed by atoms with Gasteiger partial charge in [-0.3, -0.25) is 4.79 Å². The van der Waals surface area contributed by atoms with Crippen LogP contribution in [0.2, 0.25) is 5.02 Å². The van der Waals surface area contributed by atoms with Crippen molar-refractivity contribution in [2.75, 3.05) is 19.8 Å². The highest BCUT2D eigenvalue weighted by molar-refractivity contribution is 6.30. The van der Waals surface area contributed by atoms with Gasteiger partial charge in [0.15, 0.2) is 5.60 Å². The molecular weight excluding hydrogens is 278 g/mol. The number of amides is 1. The zero-order valence-corrected chi connectivity index (χ0v) is 12.3. The molecule has 1 aromatic rings. The summed E-state index contributed by atoms with van der Waals surface area (Å²) >= 11 is 5.81. The van der Waals surface area contributed by atoms with Gasteiger partial charge in [-0.25, -0.2) is 0 Å². The van der Waals surface area contributed by atoms with Gasteiger partial charge in [-0.1, -0.05) is 23.7 Å². The lowest BCUT2D eigenvalue weighted by molar-refractivity contribution is -0.139. The highest BCUT2D eigenvalue weighted by Crippen LogP contribution is 2.23. The highest BCUT2D eigenvalue weighted by Gasteiger charge is 2.32. The standard InChI is InChI=1S/C15H20ClNO3/c1-15(19,12-4-6-13(16)7-5-12)14(18)17-9-11-3-2-8-20-10-11/h4-7,11,19H,2-3,8-10H2,1H3,(H,17,18)/t11-,15+/m1/s1. The van der Waals surface area contributed by atoms with E-state index in [0.717, 1.165) is 19.4 Å². The molecule has 4 nitrogen and oxygen atoms in total. The van der Waals surface area contributed by atoms with E-state index in [9.17, 15) is 9.90 Å². The van der Waals surface area contributed by atoms with E-state index in [-0.39, 0.29) is 0 Å². The topological polar surface area (TPSA) is 58.6 Å². The van der Waals surface area contributed by atoms with Crippen molar-refractivity contribution in [3.63, 3.8) is 0 Å². The summed E-state index contributed by atoms with van der Waals surface area (Å²) in [5.74, 6) is -0.0703. The van der Waals surface area contributed by atoms with E-state index < -0.39 is 11.5 Å². The van der Waals surface area contributed by atoms with Crippen molar-refractivity contribution in [3.05, 3.63) is 34.9 Å². The molecule has 0 unspecified atom stereocenters. The average molecular weight is 298 g/mol. The molecule has 2 atom stereocenters. The smallest absolute Gasteiger partial charge is 0.256 e. The molecule has 0 bridgehead atoms. The zero-order chi connectivity index (χ0) is 14.6. The molecule has 1 heterocycles. The van der Waals surface area contributed by atoms with Crippen LogP contribution in [0.5, 0.6) is 0 Å². The number of nitrogens with one attached hydrogen (secondary N) is 1. The molecule has 1 aliphatic heterocycles. The van der Waals surface area contributed by atoms with Crippen LogP contribution in [0.25, 0.3) is 0 Å². The van der Waals surface area contributed by atoms with Gasteiger partial charge in [0.1, 0.15) is 0 Å². The predicted molar refractivity (Wildman–Crippen MR) is 77.6 cm³/mol. The maximum Gasteiger partial charge on any atom is 0.256 e. The summed E-state index contributed by atoms with van der Waals surface area (Å²) < 4.78 is 5.37. The molecule has 0 spiro atoms. The van der Waals surface area contributed by atoms with Crippen LogP contribution < -0.4 is 5.32 Å². The van der Waals surface area contributed by atoms with Crippen molar-refractivity contribution in [2.45, 2.75) is 25.4 Å². The van der Waals surface area contributed by atoms with Crippen LogP contribution in [0, 0.1) is 5.92 Å². The fourth-order valence-corrected chi connectivity index (χ4v) is 2.41. The number of benzene rings is 1. The first-order valence-electron chi connectivity index (χ1n) is 6.84. The summed E-state index contributed by atoms with van der Waals surface area (Å²) in [6.07, 6.45) is 2.07. The third-order valence-electron chi connectivity index (χ3n) is 3.65. The van der Waals surface area contributed by atoms with Crippen LogP contribution in [0.15, 0.2) is 24.3 Å². The molecule has 1 aliphatic rings. The molecule has 0 aliphatic carbocycles. The van der Waals surface area contributed by atoms with Crippen molar-refractivity contribution in [3.8, 4) is 0 Å². The molecule has 5 heteroatoms. The maximum absolute atomic E-state index is 12.2. The highest BCUT2D eigenvalue weighted by atomic mass is 35.5. The minimum Gasteiger partial charge on any atom is -0.381 e. The Balaban J connectivity index is 1.94. The largest absolute Gasteiger partial charge is 0.381 e. The van der Waals surface area contributed by atoms with Gasteiger partial charge in [0.05, 0.1) is 6.61 Å². The van der Waals surface area contributed by atoms with Gasteiger partial charge < -0.3 is 15.2 Å². The second-order valence-electron chi connectivity index (χ2n) is 5.37. The Morgan fingerprint density at radius 3 is 2.80 bits per heavy atom. The van der Waals surface area contributed by atoms with Gasteiger partial charge in [0, 0.05) is 18.2 Å². The van der Waals surface area contributed by atoms with E-state index in [1.165, 1.54) is 6.92 Å². The van der Waals surface area contributed by atoms with E-state index in [0.29, 0.717) is 29.7 Å². The number of carbonyl (C=O) groups is 1. The maximum atomic E-state index is 12.2. The molecule has 2 N–H and O–H groups in total. The van der Waals surface area contributed by atoms with E-state index in [1.54, 1.807) is 24.3 Å². The van der Waals surface area contributed by atoms with Crippen molar-refractivity contribution in [2.24, 2.45) is 5.92 Å². The van der Waals surface area contributed by atoms with E-state index in [4.69, 9.17) is 16.3 Å². The van der Waals surface area contributed by atoms with Gasteiger partial charge in [-0.05, 0) is 43.4 Å². The lowest BCUT2D eigenvalue weighted by Gasteiger charge is -2.26. The summed E-state index contributed by atoms with van der Waals surface area (Å²) in [6, 6.07) is 6.64. The Bertz CT molecular complexity index is 453. The SMILES string of the molecule is C[C@@](O)(C(=O)NC[C@H]1CCCOC1)c1ccc(Cl)cc1. The second-order valence-corrected chi connectivity index (χ2v) is 5.81. The molecule has 0 radical (unpaired) electrons. The Labute approximate surface area is 124 Å². The minimum absolute atomic E-state index is 0.328. The van der Waals surface area contributed by atoms with E-state index in [1.807, 2.05) is 0 Å². The summed E-state index contributed by atoms with van der Waals surface area (Å²) in [6.45, 7) is 3.49. The van der Waals surface area contributed by atoms with Crippen LogP contribution in [0.3, 0.4) is 0 Å². The average Bonchev–Trinajstić information content (AvgIpc) is 2.46. The first-order chi connectivity index (χ1) is 9.50. The van der Waals surface area contributed by atoms with Gasteiger partial charge >= 0.3 is 0 Å². The summed E-state index contributed by atoms with van der Waals surface area (Å²) in [5, 5.41) is 13.8. The van der Waals surface area contributed by atoms with Gasteiger partial charge in [0.2, 0.25) is 0 Å². The van der Waals surface area contributed by atoms with Crippen LogP contribution in [0.4, 0.5) is 0 Å². The molecule has 1 saturated heterocycles. The summed E-state index contributed by atoms with van der Waals surface area (Å²) in [4.78, 5) is 12.2.